The summed E-state index contributed by atoms with van der Waals surface area (Å²) in [7, 11) is 3.19. The number of anilines is 1. The van der Waals surface area contributed by atoms with Gasteiger partial charge in [-0.15, -0.1) is 0 Å². The molecule has 0 saturated heterocycles. The molecule has 0 amide bonds. The second kappa shape index (κ2) is 10.8. The summed E-state index contributed by atoms with van der Waals surface area (Å²) in [4.78, 5) is 6.88. The minimum atomic E-state index is 0.0504. The molecule has 2 aromatic rings. The van der Waals surface area contributed by atoms with E-state index in [4.69, 9.17) is 26.8 Å². The standard InChI is InChI=1S/C21H29ClN4O2/c1-5-26(6-2)18(16-9-7-8-10-17(16)22)14-24-21(23)25-15-11-12-19(27-3)20(13-15)28-4/h7-13,18H,5-6,14H2,1-4H3,(H3,23,24,25). The third kappa shape index (κ3) is 5.53. The van der Waals surface area contributed by atoms with Gasteiger partial charge >= 0.3 is 0 Å². The van der Waals surface area contributed by atoms with Crippen molar-refractivity contribution < 1.29 is 9.47 Å². The van der Waals surface area contributed by atoms with E-state index < -0.39 is 0 Å². The maximum absolute atomic E-state index is 6.44. The van der Waals surface area contributed by atoms with Crippen molar-refractivity contribution >= 4 is 23.2 Å². The van der Waals surface area contributed by atoms with Crippen molar-refractivity contribution in [3.63, 3.8) is 0 Å². The van der Waals surface area contributed by atoms with Gasteiger partial charge < -0.3 is 20.5 Å². The molecule has 0 fully saturated rings. The number of rotatable bonds is 9. The minimum Gasteiger partial charge on any atom is -0.493 e. The third-order valence-electron chi connectivity index (χ3n) is 4.61. The zero-order valence-electron chi connectivity index (χ0n) is 16.9. The van der Waals surface area contributed by atoms with Gasteiger partial charge in [-0.25, -0.2) is 0 Å². The van der Waals surface area contributed by atoms with Gasteiger partial charge in [-0.05, 0) is 36.9 Å². The first kappa shape index (κ1) is 21.9. The van der Waals surface area contributed by atoms with Crippen molar-refractivity contribution in [3.8, 4) is 11.5 Å². The molecule has 0 spiro atoms. The molecule has 1 atom stereocenters. The molecule has 152 valence electrons. The monoisotopic (exact) mass is 404 g/mol. The highest BCUT2D eigenvalue weighted by Crippen LogP contribution is 2.30. The molecule has 0 aliphatic rings. The molecular weight excluding hydrogens is 376 g/mol. The second-order valence-corrected chi connectivity index (χ2v) is 6.59. The number of nitrogens with zero attached hydrogens (tertiary/aromatic N) is 2. The topological polar surface area (TPSA) is 72.1 Å². The van der Waals surface area contributed by atoms with Crippen molar-refractivity contribution in [3.05, 3.63) is 53.1 Å². The quantitative estimate of drug-likeness (QED) is 0.484. The van der Waals surface area contributed by atoms with Crippen molar-refractivity contribution in [2.24, 2.45) is 10.7 Å². The van der Waals surface area contributed by atoms with E-state index in [0.717, 1.165) is 29.4 Å². The van der Waals surface area contributed by atoms with Gasteiger partial charge in [0.15, 0.2) is 17.5 Å². The van der Waals surface area contributed by atoms with Crippen LogP contribution in [0, 0.1) is 0 Å². The molecule has 0 bridgehead atoms. The number of ether oxygens (including phenoxy) is 2. The maximum atomic E-state index is 6.44. The molecule has 0 saturated carbocycles. The Morgan fingerprint density at radius 3 is 2.39 bits per heavy atom. The maximum Gasteiger partial charge on any atom is 0.193 e. The van der Waals surface area contributed by atoms with Gasteiger partial charge in [-0.2, -0.15) is 0 Å². The van der Waals surface area contributed by atoms with E-state index in [1.165, 1.54) is 0 Å². The highest BCUT2D eigenvalue weighted by molar-refractivity contribution is 6.31. The van der Waals surface area contributed by atoms with Crippen molar-refractivity contribution in [2.45, 2.75) is 19.9 Å². The first-order valence-corrected chi connectivity index (χ1v) is 9.69. The minimum absolute atomic E-state index is 0.0504. The Labute approximate surface area is 172 Å². The molecule has 28 heavy (non-hydrogen) atoms. The fourth-order valence-corrected chi connectivity index (χ4v) is 3.37. The molecular formula is C21H29ClN4O2. The van der Waals surface area contributed by atoms with E-state index in [-0.39, 0.29) is 6.04 Å². The van der Waals surface area contributed by atoms with Crippen LogP contribution in [0.3, 0.4) is 0 Å². The van der Waals surface area contributed by atoms with Crippen molar-refractivity contribution in [1.82, 2.24) is 4.90 Å². The number of guanidine groups is 1. The molecule has 0 aliphatic carbocycles. The Hall–Kier alpha value is -2.44. The molecule has 3 N–H and O–H groups in total. The van der Waals surface area contributed by atoms with Gasteiger partial charge in [0.25, 0.3) is 0 Å². The van der Waals surface area contributed by atoms with Crippen LogP contribution in [-0.4, -0.2) is 44.7 Å². The van der Waals surface area contributed by atoms with Crippen LogP contribution < -0.4 is 20.5 Å². The van der Waals surface area contributed by atoms with Crippen LogP contribution in [0.1, 0.15) is 25.5 Å². The van der Waals surface area contributed by atoms with E-state index in [0.29, 0.717) is 24.0 Å². The smallest absolute Gasteiger partial charge is 0.193 e. The van der Waals surface area contributed by atoms with Gasteiger partial charge in [-0.1, -0.05) is 43.6 Å². The van der Waals surface area contributed by atoms with Gasteiger partial charge in [-0.3, -0.25) is 9.89 Å². The van der Waals surface area contributed by atoms with E-state index in [9.17, 15) is 0 Å². The summed E-state index contributed by atoms with van der Waals surface area (Å²) in [5.41, 5.74) is 7.96. The SMILES string of the molecule is CCN(CC)C(CN=C(N)Nc1ccc(OC)c(OC)c1)c1ccccc1Cl. The normalized spacial score (nSPS) is 12.7. The van der Waals surface area contributed by atoms with Crippen LogP contribution in [-0.2, 0) is 0 Å². The Morgan fingerprint density at radius 2 is 1.79 bits per heavy atom. The van der Waals surface area contributed by atoms with Crippen LogP contribution in [0.2, 0.25) is 5.02 Å². The first-order valence-electron chi connectivity index (χ1n) is 9.31. The van der Waals surface area contributed by atoms with Crippen LogP contribution in [0.15, 0.2) is 47.5 Å². The number of likely N-dealkylation sites (N-methyl/N-ethyl adjacent to an activating group) is 1. The lowest BCUT2D eigenvalue weighted by atomic mass is 10.1. The van der Waals surface area contributed by atoms with Crippen LogP contribution in [0.5, 0.6) is 11.5 Å². The summed E-state index contributed by atoms with van der Waals surface area (Å²) in [6, 6.07) is 13.4. The van der Waals surface area contributed by atoms with Crippen LogP contribution >= 0.6 is 11.6 Å². The number of aliphatic imine (C=N–C) groups is 1. The largest absolute Gasteiger partial charge is 0.493 e. The Kier molecular flexibility index (Phi) is 8.42. The van der Waals surface area contributed by atoms with E-state index in [1.54, 1.807) is 14.2 Å². The van der Waals surface area contributed by atoms with Crippen molar-refractivity contribution in [2.75, 3.05) is 39.2 Å². The molecule has 0 aliphatic heterocycles. The van der Waals surface area contributed by atoms with Gasteiger partial charge in [0.2, 0.25) is 0 Å². The average Bonchev–Trinajstić information content (AvgIpc) is 2.71. The average molecular weight is 405 g/mol. The zero-order valence-corrected chi connectivity index (χ0v) is 17.7. The lowest BCUT2D eigenvalue weighted by Gasteiger charge is -2.29. The van der Waals surface area contributed by atoms with E-state index >= 15 is 0 Å². The molecule has 0 radical (unpaired) electrons. The number of hydrogen-bond acceptors (Lipinski definition) is 4. The number of benzene rings is 2. The predicted molar refractivity (Wildman–Crippen MR) is 117 cm³/mol. The zero-order chi connectivity index (χ0) is 20.5. The molecule has 0 aromatic heterocycles. The summed E-state index contributed by atoms with van der Waals surface area (Å²) < 4.78 is 10.6. The van der Waals surface area contributed by atoms with E-state index in [1.807, 2.05) is 42.5 Å². The third-order valence-corrected chi connectivity index (χ3v) is 4.95. The summed E-state index contributed by atoms with van der Waals surface area (Å²) in [5, 5.41) is 3.84. The lowest BCUT2D eigenvalue weighted by molar-refractivity contribution is 0.224. The second-order valence-electron chi connectivity index (χ2n) is 6.18. The molecule has 2 aromatic carbocycles. The van der Waals surface area contributed by atoms with Gasteiger partial charge in [0, 0.05) is 16.8 Å². The van der Waals surface area contributed by atoms with Crippen molar-refractivity contribution in [1.29, 1.82) is 0 Å². The molecule has 7 heteroatoms. The fraction of sp³-hybridized carbons (Fsp3) is 0.381. The highest BCUT2D eigenvalue weighted by Gasteiger charge is 2.20. The lowest BCUT2D eigenvalue weighted by Crippen LogP contribution is -2.32. The summed E-state index contributed by atoms with van der Waals surface area (Å²) >= 11 is 6.44. The fourth-order valence-electron chi connectivity index (χ4n) is 3.11. The van der Waals surface area contributed by atoms with Crippen LogP contribution in [0.25, 0.3) is 0 Å². The first-order chi connectivity index (χ1) is 13.5. The van der Waals surface area contributed by atoms with Gasteiger partial charge in [0.05, 0.1) is 26.8 Å². The summed E-state index contributed by atoms with van der Waals surface area (Å²) in [6.07, 6.45) is 0. The highest BCUT2D eigenvalue weighted by atomic mass is 35.5. The predicted octanol–water partition coefficient (Wildman–Crippen LogP) is 4.17. The van der Waals surface area contributed by atoms with E-state index in [2.05, 4.69) is 29.1 Å². The Bertz CT molecular complexity index is 794. The number of hydrogen-bond donors (Lipinski definition) is 2. The summed E-state index contributed by atoms with van der Waals surface area (Å²) in [6.45, 7) is 6.54. The number of nitrogens with one attached hydrogen (secondary N) is 1. The Morgan fingerprint density at radius 1 is 1.11 bits per heavy atom. The summed E-state index contributed by atoms with van der Waals surface area (Å²) in [5.74, 6) is 1.61. The van der Waals surface area contributed by atoms with Crippen LogP contribution in [0.4, 0.5) is 5.69 Å². The Balaban J connectivity index is 2.18. The van der Waals surface area contributed by atoms with Gasteiger partial charge in [0.1, 0.15) is 0 Å². The molecule has 6 nitrogen and oxygen atoms in total. The number of methoxy groups -OCH3 is 2. The molecule has 2 rings (SSSR count). The molecule has 0 heterocycles. The molecule has 1 unspecified atom stereocenters. The number of nitrogens with two attached hydrogens (primary N) is 1. The number of halogens is 1.